The number of aliphatic carboxylic acids is 1. The van der Waals surface area contributed by atoms with Crippen LogP contribution in [0.3, 0.4) is 0 Å². The van der Waals surface area contributed by atoms with E-state index in [9.17, 15) is 4.79 Å². The monoisotopic (exact) mass is 248 g/mol. The molecule has 1 aromatic carbocycles. The molecule has 0 bridgehead atoms. The van der Waals surface area contributed by atoms with Gasteiger partial charge in [0.05, 0.1) is 13.0 Å². The van der Waals surface area contributed by atoms with E-state index in [1.165, 1.54) is 5.56 Å². The summed E-state index contributed by atoms with van der Waals surface area (Å²) in [5.41, 5.74) is 1.88. The van der Waals surface area contributed by atoms with Gasteiger partial charge in [0.1, 0.15) is 5.75 Å². The number of fused-ring (bicyclic) bond motifs is 1. The van der Waals surface area contributed by atoms with Crippen molar-refractivity contribution in [1.29, 1.82) is 0 Å². The number of carbonyl (C=O) groups is 1. The standard InChI is InChI=1S/C15H20O3/c1-14(2,8-13(16)17)10-5-6-12-11(7-10)15(3,4)9-18-12/h5-7H,8-9H2,1-4H3,(H,16,17). The topological polar surface area (TPSA) is 46.5 Å². The molecule has 98 valence electrons. The predicted octanol–water partition coefficient (Wildman–Crippen LogP) is 3.11. The molecule has 18 heavy (non-hydrogen) atoms. The fourth-order valence-electron chi connectivity index (χ4n) is 2.42. The number of hydrogen-bond acceptors (Lipinski definition) is 2. The average molecular weight is 248 g/mol. The van der Waals surface area contributed by atoms with Crippen LogP contribution < -0.4 is 4.74 Å². The number of benzene rings is 1. The zero-order chi connectivity index (χ0) is 13.6. The van der Waals surface area contributed by atoms with Crippen LogP contribution in [-0.2, 0) is 15.6 Å². The van der Waals surface area contributed by atoms with E-state index in [2.05, 4.69) is 19.9 Å². The third-order valence-electron chi connectivity index (χ3n) is 3.67. The molecule has 0 aliphatic carbocycles. The first-order valence-electron chi connectivity index (χ1n) is 6.22. The van der Waals surface area contributed by atoms with Gasteiger partial charge in [0.15, 0.2) is 0 Å². The highest BCUT2D eigenvalue weighted by Gasteiger charge is 2.34. The number of hydrogen-bond donors (Lipinski definition) is 1. The molecule has 1 aliphatic heterocycles. The lowest BCUT2D eigenvalue weighted by Gasteiger charge is -2.25. The highest BCUT2D eigenvalue weighted by molar-refractivity contribution is 5.69. The van der Waals surface area contributed by atoms with Crippen molar-refractivity contribution in [2.24, 2.45) is 0 Å². The van der Waals surface area contributed by atoms with Gasteiger partial charge in [-0.25, -0.2) is 0 Å². The fourth-order valence-corrected chi connectivity index (χ4v) is 2.42. The minimum absolute atomic E-state index is 0.00461. The molecule has 1 N–H and O–H groups in total. The lowest BCUT2D eigenvalue weighted by molar-refractivity contribution is -0.138. The van der Waals surface area contributed by atoms with Gasteiger partial charge in [0.2, 0.25) is 0 Å². The fraction of sp³-hybridized carbons (Fsp3) is 0.533. The molecule has 0 fully saturated rings. The Morgan fingerprint density at radius 2 is 2.11 bits per heavy atom. The first-order valence-corrected chi connectivity index (χ1v) is 6.22. The van der Waals surface area contributed by atoms with Gasteiger partial charge in [0, 0.05) is 16.4 Å². The molecule has 2 rings (SSSR count). The van der Waals surface area contributed by atoms with Gasteiger partial charge in [-0.15, -0.1) is 0 Å². The van der Waals surface area contributed by atoms with E-state index in [0.29, 0.717) is 6.61 Å². The molecule has 0 saturated heterocycles. The third kappa shape index (κ3) is 2.22. The van der Waals surface area contributed by atoms with Crippen LogP contribution in [0.25, 0.3) is 0 Å². The van der Waals surface area contributed by atoms with Crippen molar-refractivity contribution in [3.05, 3.63) is 29.3 Å². The maximum Gasteiger partial charge on any atom is 0.304 e. The second-order valence-electron chi connectivity index (χ2n) is 6.34. The lowest BCUT2D eigenvalue weighted by Crippen LogP contribution is -2.23. The molecule has 0 aromatic heterocycles. The second-order valence-corrected chi connectivity index (χ2v) is 6.34. The van der Waals surface area contributed by atoms with Crippen LogP contribution in [0.5, 0.6) is 5.75 Å². The Bertz CT molecular complexity index is 487. The van der Waals surface area contributed by atoms with E-state index in [-0.39, 0.29) is 17.3 Å². The normalized spacial score (nSPS) is 17.1. The van der Waals surface area contributed by atoms with Crippen LogP contribution in [0.15, 0.2) is 18.2 Å². The van der Waals surface area contributed by atoms with Crippen LogP contribution in [0.1, 0.15) is 45.2 Å². The molecule has 1 heterocycles. The Balaban J connectivity index is 2.40. The number of ether oxygens (including phenoxy) is 1. The summed E-state index contributed by atoms with van der Waals surface area (Å²) in [5.74, 6) is 0.158. The Labute approximate surface area is 108 Å². The van der Waals surface area contributed by atoms with Gasteiger partial charge >= 0.3 is 5.97 Å². The highest BCUT2D eigenvalue weighted by atomic mass is 16.5. The first-order chi connectivity index (χ1) is 8.22. The van der Waals surface area contributed by atoms with Crippen molar-refractivity contribution in [3.8, 4) is 5.75 Å². The summed E-state index contributed by atoms with van der Waals surface area (Å²) in [6.07, 6.45) is 0.132. The highest BCUT2D eigenvalue weighted by Crippen LogP contribution is 2.41. The predicted molar refractivity (Wildman–Crippen MR) is 70.2 cm³/mol. The third-order valence-corrected chi connectivity index (χ3v) is 3.67. The lowest BCUT2D eigenvalue weighted by atomic mass is 9.78. The Morgan fingerprint density at radius 1 is 1.44 bits per heavy atom. The minimum atomic E-state index is -0.768. The largest absolute Gasteiger partial charge is 0.492 e. The maximum absolute atomic E-state index is 10.9. The van der Waals surface area contributed by atoms with Crippen molar-refractivity contribution in [3.63, 3.8) is 0 Å². The summed E-state index contributed by atoms with van der Waals surface area (Å²) < 4.78 is 5.65. The van der Waals surface area contributed by atoms with Crippen LogP contribution in [-0.4, -0.2) is 17.7 Å². The summed E-state index contributed by atoms with van der Waals surface area (Å²) in [5, 5.41) is 8.98. The summed E-state index contributed by atoms with van der Waals surface area (Å²) in [4.78, 5) is 10.9. The number of carboxylic acid groups (broad SMARTS) is 1. The van der Waals surface area contributed by atoms with E-state index in [1.54, 1.807) is 0 Å². The summed E-state index contributed by atoms with van der Waals surface area (Å²) in [7, 11) is 0. The second kappa shape index (κ2) is 4.01. The van der Waals surface area contributed by atoms with Crippen molar-refractivity contribution in [2.75, 3.05) is 6.61 Å². The molecule has 0 atom stereocenters. The number of carboxylic acids is 1. The molecule has 1 aliphatic rings. The summed E-state index contributed by atoms with van der Waals surface area (Å²) in [6, 6.07) is 6.04. The van der Waals surface area contributed by atoms with Gasteiger partial charge in [-0.1, -0.05) is 39.8 Å². The Morgan fingerprint density at radius 3 is 2.72 bits per heavy atom. The Kier molecular flexibility index (Phi) is 2.88. The van der Waals surface area contributed by atoms with Crippen LogP contribution >= 0.6 is 0 Å². The van der Waals surface area contributed by atoms with Crippen LogP contribution in [0.4, 0.5) is 0 Å². The Hall–Kier alpha value is -1.51. The maximum atomic E-state index is 10.9. The number of rotatable bonds is 3. The SMILES string of the molecule is CC(C)(CC(=O)O)c1ccc2c(c1)C(C)(C)CO2. The van der Waals surface area contributed by atoms with E-state index in [4.69, 9.17) is 9.84 Å². The van der Waals surface area contributed by atoms with E-state index >= 15 is 0 Å². The molecular weight excluding hydrogens is 228 g/mol. The molecule has 3 heteroatoms. The van der Waals surface area contributed by atoms with E-state index in [0.717, 1.165) is 11.3 Å². The van der Waals surface area contributed by atoms with Crippen molar-refractivity contribution in [1.82, 2.24) is 0 Å². The molecule has 0 unspecified atom stereocenters. The zero-order valence-corrected chi connectivity index (χ0v) is 11.4. The van der Waals surface area contributed by atoms with Gasteiger partial charge in [-0.3, -0.25) is 4.79 Å². The van der Waals surface area contributed by atoms with Crippen molar-refractivity contribution in [2.45, 2.75) is 44.9 Å². The molecule has 0 amide bonds. The van der Waals surface area contributed by atoms with Crippen molar-refractivity contribution >= 4 is 5.97 Å². The molecule has 0 saturated carbocycles. The van der Waals surface area contributed by atoms with Gasteiger partial charge in [-0.2, -0.15) is 0 Å². The average Bonchev–Trinajstić information content (AvgIpc) is 2.53. The minimum Gasteiger partial charge on any atom is -0.492 e. The smallest absolute Gasteiger partial charge is 0.304 e. The van der Waals surface area contributed by atoms with Crippen LogP contribution in [0.2, 0.25) is 0 Å². The summed E-state index contributed by atoms with van der Waals surface area (Å²) >= 11 is 0. The quantitative estimate of drug-likeness (QED) is 0.894. The molecule has 1 aromatic rings. The van der Waals surface area contributed by atoms with E-state index < -0.39 is 5.97 Å². The molecule has 0 radical (unpaired) electrons. The molecular formula is C15H20O3. The van der Waals surface area contributed by atoms with Gasteiger partial charge in [0.25, 0.3) is 0 Å². The summed E-state index contributed by atoms with van der Waals surface area (Å²) in [6.45, 7) is 8.90. The molecule has 0 spiro atoms. The van der Waals surface area contributed by atoms with Crippen LogP contribution in [0, 0.1) is 0 Å². The molecule has 3 nitrogen and oxygen atoms in total. The van der Waals surface area contributed by atoms with Gasteiger partial charge < -0.3 is 9.84 Å². The first kappa shape index (κ1) is 12.9. The van der Waals surface area contributed by atoms with Crippen molar-refractivity contribution < 1.29 is 14.6 Å². The zero-order valence-electron chi connectivity index (χ0n) is 11.4. The van der Waals surface area contributed by atoms with Gasteiger partial charge in [-0.05, 0) is 11.6 Å². The van der Waals surface area contributed by atoms with E-state index in [1.807, 2.05) is 26.0 Å².